The van der Waals surface area contributed by atoms with Gasteiger partial charge in [-0.1, -0.05) is 31.6 Å². The molecule has 0 N–H and O–H groups in total. The van der Waals surface area contributed by atoms with Gasteiger partial charge in [0.25, 0.3) is 0 Å². The highest BCUT2D eigenvalue weighted by Gasteiger charge is 2.13. The standard InChI is InChI=1S/C16H26O/c1-13-6-4-5-7-16(12-17)11-10-15(3)14(2)9-8-13/h6-7,12,14-15H,4-5,8-11H2,1-3H3/b13-6+,16-7+/t14-,15+/m1/s1. The lowest BCUT2D eigenvalue weighted by Crippen LogP contribution is -2.09. The Morgan fingerprint density at radius 3 is 2.29 bits per heavy atom. The van der Waals surface area contributed by atoms with E-state index in [1.807, 2.05) is 0 Å². The lowest BCUT2D eigenvalue weighted by Gasteiger charge is -2.20. The fourth-order valence-corrected chi connectivity index (χ4v) is 2.33. The van der Waals surface area contributed by atoms with Gasteiger partial charge in [0.15, 0.2) is 0 Å². The molecule has 0 amide bonds. The quantitative estimate of drug-likeness (QED) is 0.475. The van der Waals surface area contributed by atoms with Crippen LogP contribution in [0, 0.1) is 11.8 Å². The second-order valence-electron chi connectivity index (χ2n) is 5.56. The second-order valence-corrected chi connectivity index (χ2v) is 5.56. The first-order valence-electron chi connectivity index (χ1n) is 6.93. The van der Waals surface area contributed by atoms with Crippen LogP contribution in [0.15, 0.2) is 23.3 Å². The molecule has 0 radical (unpaired) electrons. The summed E-state index contributed by atoms with van der Waals surface area (Å²) in [5.74, 6) is 1.47. The summed E-state index contributed by atoms with van der Waals surface area (Å²) in [6.07, 6.45) is 12.2. The average molecular weight is 234 g/mol. The van der Waals surface area contributed by atoms with Crippen LogP contribution in [0.2, 0.25) is 0 Å². The van der Waals surface area contributed by atoms with Gasteiger partial charge in [-0.05, 0) is 62.9 Å². The molecule has 1 heteroatoms. The van der Waals surface area contributed by atoms with Gasteiger partial charge in [0.2, 0.25) is 0 Å². The largest absolute Gasteiger partial charge is 0.298 e. The molecule has 0 bridgehead atoms. The maximum atomic E-state index is 10.9. The van der Waals surface area contributed by atoms with Crippen LogP contribution in [0.4, 0.5) is 0 Å². The van der Waals surface area contributed by atoms with E-state index in [1.165, 1.54) is 18.4 Å². The normalized spacial score (nSPS) is 34.5. The summed E-state index contributed by atoms with van der Waals surface area (Å²) in [4.78, 5) is 10.9. The van der Waals surface area contributed by atoms with E-state index in [0.717, 1.165) is 43.5 Å². The summed E-state index contributed by atoms with van der Waals surface area (Å²) >= 11 is 0. The van der Waals surface area contributed by atoms with Crippen molar-refractivity contribution in [3.8, 4) is 0 Å². The first-order chi connectivity index (χ1) is 8.13. The van der Waals surface area contributed by atoms with Gasteiger partial charge in [-0.3, -0.25) is 4.79 Å². The maximum absolute atomic E-state index is 10.9. The van der Waals surface area contributed by atoms with Crippen LogP contribution in [-0.4, -0.2) is 6.29 Å². The minimum absolute atomic E-state index is 0.713. The van der Waals surface area contributed by atoms with Crippen molar-refractivity contribution in [2.75, 3.05) is 0 Å². The van der Waals surface area contributed by atoms with E-state index in [9.17, 15) is 4.79 Å². The number of carbonyl (C=O) groups excluding carboxylic acids is 1. The third-order valence-corrected chi connectivity index (χ3v) is 4.07. The van der Waals surface area contributed by atoms with Crippen molar-refractivity contribution in [1.82, 2.24) is 0 Å². The summed E-state index contributed by atoms with van der Waals surface area (Å²) in [5, 5.41) is 0. The molecule has 0 spiro atoms. The van der Waals surface area contributed by atoms with E-state index >= 15 is 0 Å². The van der Waals surface area contributed by atoms with Gasteiger partial charge in [0, 0.05) is 0 Å². The van der Waals surface area contributed by atoms with Crippen molar-refractivity contribution >= 4 is 6.29 Å². The highest BCUT2D eigenvalue weighted by atomic mass is 16.1. The Bertz CT molecular complexity index is 299. The molecule has 0 saturated heterocycles. The van der Waals surface area contributed by atoms with Gasteiger partial charge >= 0.3 is 0 Å². The molecule has 96 valence electrons. The number of hydrogen-bond acceptors (Lipinski definition) is 1. The van der Waals surface area contributed by atoms with Gasteiger partial charge in [-0.25, -0.2) is 0 Å². The third kappa shape index (κ3) is 5.34. The molecular formula is C16H26O. The summed E-state index contributed by atoms with van der Waals surface area (Å²) < 4.78 is 0. The average Bonchev–Trinajstić information content (AvgIpc) is 2.33. The van der Waals surface area contributed by atoms with Gasteiger partial charge in [-0.2, -0.15) is 0 Å². The number of aldehydes is 1. The summed E-state index contributed by atoms with van der Waals surface area (Å²) in [7, 11) is 0. The molecule has 0 aromatic carbocycles. The molecular weight excluding hydrogens is 208 g/mol. The Morgan fingerprint density at radius 1 is 1.06 bits per heavy atom. The van der Waals surface area contributed by atoms with E-state index < -0.39 is 0 Å². The SMILES string of the molecule is C/C1=C\CC/C=C(/C=O)CC[C@H](C)[C@H](C)CC1. The minimum atomic E-state index is 0.713. The fraction of sp³-hybridized carbons (Fsp3) is 0.688. The van der Waals surface area contributed by atoms with Crippen LogP contribution in [0.3, 0.4) is 0 Å². The highest BCUT2D eigenvalue weighted by molar-refractivity contribution is 5.72. The smallest absolute Gasteiger partial charge is 0.145 e. The van der Waals surface area contributed by atoms with Gasteiger partial charge in [0.1, 0.15) is 6.29 Å². The van der Waals surface area contributed by atoms with E-state index in [1.54, 1.807) is 0 Å². The molecule has 1 aliphatic carbocycles. The van der Waals surface area contributed by atoms with Crippen LogP contribution in [0.1, 0.15) is 59.3 Å². The van der Waals surface area contributed by atoms with Gasteiger partial charge in [0.05, 0.1) is 0 Å². The minimum Gasteiger partial charge on any atom is -0.298 e. The molecule has 0 unspecified atom stereocenters. The number of allylic oxidation sites excluding steroid dienone is 4. The maximum Gasteiger partial charge on any atom is 0.145 e. The Hall–Kier alpha value is -0.850. The molecule has 17 heavy (non-hydrogen) atoms. The van der Waals surface area contributed by atoms with E-state index in [0.29, 0.717) is 5.92 Å². The second kappa shape index (κ2) is 7.47. The molecule has 1 rings (SSSR count). The lowest BCUT2D eigenvalue weighted by atomic mass is 9.85. The lowest BCUT2D eigenvalue weighted by molar-refractivity contribution is -0.105. The molecule has 0 aliphatic heterocycles. The van der Waals surface area contributed by atoms with Crippen LogP contribution in [-0.2, 0) is 4.79 Å². The van der Waals surface area contributed by atoms with Gasteiger partial charge < -0.3 is 0 Å². The Balaban J connectivity index is 2.69. The Kier molecular flexibility index (Phi) is 6.25. The number of carbonyl (C=O) groups is 1. The first kappa shape index (κ1) is 14.2. The Labute approximate surface area is 106 Å². The highest BCUT2D eigenvalue weighted by Crippen LogP contribution is 2.25. The summed E-state index contributed by atoms with van der Waals surface area (Å²) in [6.45, 7) is 6.89. The number of hydrogen-bond donors (Lipinski definition) is 0. The molecule has 2 atom stereocenters. The van der Waals surface area contributed by atoms with Crippen LogP contribution in [0.25, 0.3) is 0 Å². The van der Waals surface area contributed by atoms with Crippen molar-refractivity contribution in [3.63, 3.8) is 0 Å². The number of rotatable bonds is 1. The van der Waals surface area contributed by atoms with Crippen LogP contribution >= 0.6 is 0 Å². The van der Waals surface area contributed by atoms with Crippen molar-refractivity contribution in [1.29, 1.82) is 0 Å². The van der Waals surface area contributed by atoms with E-state index in [-0.39, 0.29) is 0 Å². The molecule has 0 fully saturated rings. The molecule has 1 nitrogen and oxygen atoms in total. The molecule has 0 heterocycles. The van der Waals surface area contributed by atoms with E-state index in [2.05, 4.69) is 32.9 Å². The molecule has 0 saturated carbocycles. The predicted octanol–water partition coefficient (Wildman–Crippen LogP) is 4.68. The zero-order valence-corrected chi connectivity index (χ0v) is 11.5. The molecule has 1 aliphatic rings. The van der Waals surface area contributed by atoms with Crippen molar-refractivity contribution in [3.05, 3.63) is 23.3 Å². The van der Waals surface area contributed by atoms with Gasteiger partial charge in [-0.15, -0.1) is 0 Å². The first-order valence-corrected chi connectivity index (χ1v) is 6.93. The summed E-state index contributed by atoms with van der Waals surface area (Å²) in [5.41, 5.74) is 2.50. The Morgan fingerprint density at radius 2 is 1.65 bits per heavy atom. The molecule has 0 aromatic heterocycles. The van der Waals surface area contributed by atoms with E-state index in [4.69, 9.17) is 0 Å². The zero-order chi connectivity index (χ0) is 12.7. The van der Waals surface area contributed by atoms with Crippen molar-refractivity contribution < 1.29 is 4.79 Å². The zero-order valence-electron chi connectivity index (χ0n) is 11.5. The third-order valence-electron chi connectivity index (χ3n) is 4.07. The fourth-order valence-electron chi connectivity index (χ4n) is 2.33. The summed E-state index contributed by atoms with van der Waals surface area (Å²) in [6, 6.07) is 0. The molecule has 0 aromatic rings. The van der Waals surface area contributed by atoms with Crippen molar-refractivity contribution in [2.24, 2.45) is 11.8 Å². The van der Waals surface area contributed by atoms with Crippen LogP contribution < -0.4 is 0 Å². The predicted molar refractivity (Wildman–Crippen MR) is 73.9 cm³/mol. The van der Waals surface area contributed by atoms with Crippen molar-refractivity contribution in [2.45, 2.75) is 59.3 Å². The topological polar surface area (TPSA) is 17.1 Å². The monoisotopic (exact) mass is 234 g/mol. The van der Waals surface area contributed by atoms with Crippen LogP contribution in [0.5, 0.6) is 0 Å².